The summed E-state index contributed by atoms with van der Waals surface area (Å²) >= 11 is 0. The number of ketones is 1. The average Bonchev–Trinajstić information content (AvgIpc) is 2.64. The number of hydrogen-bond donors (Lipinski definition) is 1. The Labute approximate surface area is 92.9 Å². The summed E-state index contributed by atoms with van der Waals surface area (Å²) < 4.78 is 9.47. The number of ether oxygens (including phenoxy) is 1. The summed E-state index contributed by atoms with van der Waals surface area (Å²) in [5.74, 6) is -0.334. The largest absolute Gasteiger partial charge is 0.444 e. The molecule has 16 heavy (non-hydrogen) atoms. The maximum absolute atomic E-state index is 11.4. The zero-order chi connectivity index (χ0) is 12.2. The van der Waals surface area contributed by atoms with Crippen LogP contribution in [0.4, 0.5) is 4.79 Å². The van der Waals surface area contributed by atoms with E-state index in [4.69, 9.17) is 4.74 Å². The van der Waals surface area contributed by atoms with Crippen LogP contribution in [0, 0.1) is 0 Å². The maximum Gasteiger partial charge on any atom is 0.408 e. The number of carbonyl (C=O) groups is 2. The molecule has 88 valence electrons. The third-order valence-electron chi connectivity index (χ3n) is 1.52. The van der Waals surface area contributed by atoms with Crippen molar-refractivity contribution < 1.29 is 18.8 Å². The van der Waals surface area contributed by atoms with E-state index in [9.17, 15) is 9.59 Å². The Kier molecular flexibility index (Phi) is 3.65. The van der Waals surface area contributed by atoms with Crippen molar-refractivity contribution in [2.45, 2.75) is 26.4 Å². The van der Waals surface area contributed by atoms with E-state index in [1.807, 2.05) is 0 Å². The van der Waals surface area contributed by atoms with E-state index in [0.29, 0.717) is 0 Å². The van der Waals surface area contributed by atoms with Crippen molar-refractivity contribution >= 4 is 11.9 Å². The molecule has 0 atom stereocenters. The van der Waals surface area contributed by atoms with E-state index in [0.717, 1.165) is 0 Å². The van der Waals surface area contributed by atoms with Crippen LogP contribution < -0.4 is 5.32 Å². The molecule has 1 amide bonds. The Balaban J connectivity index is 2.35. The summed E-state index contributed by atoms with van der Waals surface area (Å²) in [7, 11) is 0. The molecule has 0 fully saturated rings. The highest BCUT2D eigenvalue weighted by atomic mass is 16.6. The van der Waals surface area contributed by atoms with Gasteiger partial charge < -0.3 is 14.6 Å². The van der Waals surface area contributed by atoms with Crippen LogP contribution in [0.3, 0.4) is 0 Å². The van der Waals surface area contributed by atoms with Crippen LogP contribution in [0.2, 0.25) is 0 Å². The smallest absolute Gasteiger partial charge is 0.408 e. The number of Topliss-reactive ketones (excluding diaryl/α,β-unsaturated/α-hetero) is 1. The second kappa shape index (κ2) is 4.78. The summed E-state index contributed by atoms with van der Waals surface area (Å²) in [5.41, 5.74) is -0.405. The number of nitrogens with zero attached hydrogens (tertiary/aromatic N) is 1. The lowest BCUT2D eigenvalue weighted by Crippen LogP contribution is -2.35. The Morgan fingerprint density at radius 3 is 2.69 bits per heavy atom. The molecule has 0 aliphatic carbocycles. The molecule has 6 heteroatoms. The first-order chi connectivity index (χ1) is 7.38. The van der Waals surface area contributed by atoms with Crippen LogP contribution in [0.25, 0.3) is 0 Å². The molecule has 1 heterocycles. The second-order valence-electron chi connectivity index (χ2n) is 4.16. The van der Waals surface area contributed by atoms with Gasteiger partial charge in [0.1, 0.15) is 11.9 Å². The molecule has 0 aliphatic rings. The molecule has 0 aliphatic heterocycles. The third kappa shape index (κ3) is 4.12. The fourth-order valence-corrected chi connectivity index (χ4v) is 0.914. The minimum absolute atomic E-state index is 0.165. The zero-order valence-corrected chi connectivity index (χ0v) is 9.44. The SMILES string of the molecule is CC(C)(C)OC(=O)NCC(=O)c1ccon1. The number of rotatable bonds is 3. The van der Waals surface area contributed by atoms with Crippen LogP contribution in [0.15, 0.2) is 16.9 Å². The van der Waals surface area contributed by atoms with Crippen molar-refractivity contribution in [2.24, 2.45) is 0 Å². The van der Waals surface area contributed by atoms with E-state index in [2.05, 4.69) is 15.0 Å². The molecule has 1 aromatic rings. The van der Waals surface area contributed by atoms with E-state index in [1.165, 1.54) is 12.3 Å². The maximum atomic E-state index is 11.4. The number of nitrogens with one attached hydrogen (secondary N) is 1. The Morgan fingerprint density at radius 2 is 2.19 bits per heavy atom. The van der Waals surface area contributed by atoms with Gasteiger partial charge in [0, 0.05) is 6.07 Å². The molecule has 0 bridgehead atoms. The van der Waals surface area contributed by atoms with Gasteiger partial charge in [-0.05, 0) is 20.8 Å². The predicted molar refractivity (Wildman–Crippen MR) is 55.1 cm³/mol. The second-order valence-corrected chi connectivity index (χ2v) is 4.16. The van der Waals surface area contributed by atoms with Crippen molar-refractivity contribution in [3.05, 3.63) is 18.0 Å². The lowest BCUT2D eigenvalue weighted by Gasteiger charge is -2.19. The predicted octanol–water partition coefficient (Wildman–Crippen LogP) is 1.38. The van der Waals surface area contributed by atoms with Gasteiger partial charge in [-0.25, -0.2) is 4.79 Å². The molecule has 0 aromatic carbocycles. The quantitative estimate of drug-likeness (QED) is 0.787. The number of carbonyl (C=O) groups excluding carboxylic acids is 2. The van der Waals surface area contributed by atoms with Gasteiger partial charge in [0.05, 0.1) is 6.54 Å². The first-order valence-electron chi connectivity index (χ1n) is 4.79. The fraction of sp³-hybridized carbons (Fsp3) is 0.500. The van der Waals surface area contributed by atoms with Crippen LogP contribution in [0.1, 0.15) is 31.3 Å². The van der Waals surface area contributed by atoms with Gasteiger partial charge in [0.15, 0.2) is 5.69 Å². The first-order valence-corrected chi connectivity index (χ1v) is 4.79. The molecule has 1 aromatic heterocycles. The molecule has 6 nitrogen and oxygen atoms in total. The molecule has 0 saturated carbocycles. The molecular weight excluding hydrogens is 212 g/mol. The lowest BCUT2D eigenvalue weighted by atomic mass is 10.2. The molecular formula is C10H14N2O4. The van der Waals surface area contributed by atoms with Gasteiger partial charge in [-0.2, -0.15) is 0 Å². The van der Waals surface area contributed by atoms with Crippen molar-refractivity contribution in [3.63, 3.8) is 0 Å². The van der Waals surface area contributed by atoms with Gasteiger partial charge >= 0.3 is 6.09 Å². The average molecular weight is 226 g/mol. The van der Waals surface area contributed by atoms with Crippen molar-refractivity contribution in [3.8, 4) is 0 Å². The van der Waals surface area contributed by atoms with Gasteiger partial charge in [0.2, 0.25) is 5.78 Å². The zero-order valence-electron chi connectivity index (χ0n) is 9.44. The summed E-state index contributed by atoms with van der Waals surface area (Å²) in [4.78, 5) is 22.6. The standard InChI is InChI=1S/C10H14N2O4/c1-10(2,3)16-9(14)11-6-8(13)7-4-5-15-12-7/h4-5H,6H2,1-3H3,(H,11,14). The normalized spacial score (nSPS) is 10.9. The van der Waals surface area contributed by atoms with E-state index in [-0.39, 0.29) is 18.0 Å². The highest BCUT2D eigenvalue weighted by Crippen LogP contribution is 2.06. The monoisotopic (exact) mass is 226 g/mol. The van der Waals surface area contributed by atoms with Crippen LogP contribution in [-0.4, -0.2) is 29.2 Å². The van der Waals surface area contributed by atoms with Gasteiger partial charge in [0.25, 0.3) is 0 Å². The Bertz CT molecular complexity index is 365. The Morgan fingerprint density at radius 1 is 1.50 bits per heavy atom. The molecule has 0 saturated heterocycles. The summed E-state index contributed by atoms with van der Waals surface area (Å²) in [6.07, 6.45) is 0.658. The number of hydrogen-bond acceptors (Lipinski definition) is 5. The van der Waals surface area contributed by atoms with Gasteiger partial charge in [-0.1, -0.05) is 5.16 Å². The van der Waals surface area contributed by atoms with Gasteiger partial charge in [-0.15, -0.1) is 0 Å². The molecule has 1 rings (SSSR count). The highest BCUT2D eigenvalue weighted by molar-refractivity contribution is 5.97. The van der Waals surface area contributed by atoms with Crippen molar-refractivity contribution in [2.75, 3.05) is 6.54 Å². The van der Waals surface area contributed by atoms with Crippen molar-refractivity contribution in [1.82, 2.24) is 10.5 Å². The van der Waals surface area contributed by atoms with Gasteiger partial charge in [-0.3, -0.25) is 4.79 Å². The van der Waals surface area contributed by atoms with Crippen LogP contribution in [0.5, 0.6) is 0 Å². The Hall–Kier alpha value is -1.85. The minimum atomic E-state index is -0.635. The molecule has 0 unspecified atom stereocenters. The fourth-order valence-electron chi connectivity index (χ4n) is 0.914. The van der Waals surface area contributed by atoms with E-state index in [1.54, 1.807) is 20.8 Å². The lowest BCUT2D eigenvalue weighted by molar-refractivity contribution is 0.0520. The number of amides is 1. The minimum Gasteiger partial charge on any atom is -0.444 e. The summed E-state index contributed by atoms with van der Waals surface area (Å²) in [6, 6.07) is 1.43. The van der Waals surface area contributed by atoms with E-state index < -0.39 is 11.7 Å². The molecule has 0 radical (unpaired) electrons. The first kappa shape index (κ1) is 12.2. The highest BCUT2D eigenvalue weighted by Gasteiger charge is 2.17. The van der Waals surface area contributed by atoms with Crippen LogP contribution >= 0.6 is 0 Å². The number of aromatic nitrogens is 1. The van der Waals surface area contributed by atoms with E-state index >= 15 is 0 Å². The summed E-state index contributed by atoms with van der Waals surface area (Å²) in [6.45, 7) is 5.06. The number of alkyl carbamates (subject to hydrolysis) is 1. The molecule has 0 spiro atoms. The third-order valence-corrected chi connectivity index (χ3v) is 1.52. The van der Waals surface area contributed by atoms with Crippen LogP contribution in [-0.2, 0) is 4.74 Å². The summed E-state index contributed by atoms with van der Waals surface area (Å²) in [5, 5.41) is 5.79. The molecule has 1 N–H and O–H groups in total. The topological polar surface area (TPSA) is 81.4 Å². The van der Waals surface area contributed by atoms with Crippen molar-refractivity contribution in [1.29, 1.82) is 0 Å².